The van der Waals surface area contributed by atoms with Crippen LogP contribution in [0.1, 0.15) is 49.3 Å². The molecule has 0 radical (unpaired) electrons. The van der Waals surface area contributed by atoms with Gasteiger partial charge >= 0.3 is 5.97 Å². The Labute approximate surface area is 219 Å². The van der Waals surface area contributed by atoms with Crippen molar-refractivity contribution in [3.8, 4) is 11.5 Å². The van der Waals surface area contributed by atoms with Crippen molar-refractivity contribution in [3.63, 3.8) is 0 Å². The number of carbonyl (C=O) groups is 3. The number of nitrogens with one attached hydrogen (secondary N) is 2. The summed E-state index contributed by atoms with van der Waals surface area (Å²) in [5.41, 5.74) is 5.18. The van der Waals surface area contributed by atoms with Crippen molar-refractivity contribution >= 4 is 29.7 Å². The molecule has 4 aromatic rings. The second-order valence-electron chi connectivity index (χ2n) is 8.11. The van der Waals surface area contributed by atoms with Gasteiger partial charge in [0.1, 0.15) is 0 Å². The van der Waals surface area contributed by atoms with Gasteiger partial charge in [0.15, 0.2) is 17.3 Å². The maximum Gasteiger partial charge on any atom is 0.343 e. The van der Waals surface area contributed by atoms with Crippen LogP contribution in [0.2, 0.25) is 0 Å². The van der Waals surface area contributed by atoms with Gasteiger partial charge in [-0.05, 0) is 80.1 Å². The first-order valence-electron chi connectivity index (χ1n) is 11.8. The SMILES string of the molecule is CCOc1cc(C=NNC(=O)c2cccc(NC(=O)c3ccco3)c2)ccc1OC(=O)c1cccc(C)c1. The number of furan rings is 1. The number of esters is 1. The third kappa shape index (κ3) is 6.73. The van der Waals surface area contributed by atoms with Gasteiger partial charge in [-0.25, -0.2) is 10.2 Å². The van der Waals surface area contributed by atoms with Crippen LogP contribution in [0.4, 0.5) is 5.69 Å². The highest BCUT2D eigenvalue weighted by Gasteiger charge is 2.14. The number of anilines is 1. The Bertz CT molecular complexity index is 1480. The van der Waals surface area contributed by atoms with Crippen molar-refractivity contribution in [2.24, 2.45) is 5.10 Å². The monoisotopic (exact) mass is 511 g/mol. The topological polar surface area (TPSA) is 119 Å². The van der Waals surface area contributed by atoms with Crippen molar-refractivity contribution in [2.75, 3.05) is 11.9 Å². The van der Waals surface area contributed by atoms with Crippen molar-refractivity contribution < 1.29 is 28.3 Å². The van der Waals surface area contributed by atoms with Gasteiger partial charge < -0.3 is 19.2 Å². The van der Waals surface area contributed by atoms with Crippen molar-refractivity contribution in [2.45, 2.75) is 13.8 Å². The maximum atomic E-state index is 12.6. The third-order valence-electron chi connectivity index (χ3n) is 5.23. The van der Waals surface area contributed by atoms with Gasteiger partial charge in [-0.3, -0.25) is 9.59 Å². The fraction of sp³-hybridized carbons (Fsp3) is 0.103. The van der Waals surface area contributed by atoms with Crippen LogP contribution in [0.3, 0.4) is 0 Å². The number of ether oxygens (including phenoxy) is 2. The number of carbonyl (C=O) groups excluding carboxylic acids is 3. The van der Waals surface area contributed by atoms with E-state index >= 15 is 0 Å². The summed E-state index contributed by atoms with van der Waals surface area (Å²) in [6.45, 7) is 4.07. The van der Waals surface area contributed by atoms with Crippen LogP contribution in [-0.4, -0.2) is 30.6 Å². The largest absolute Gasteiger partial charge is 0.490 e. The van der Waals surface area contributed by atoms with Crippen LogP contribution in [0.5, 0.6) is 11.5 Å². The molecule has 1 aromatic heterocycles. The molecular formula is C29H25N3O6. The van der Waals surface area contributed by atoms with E-state index in [0.717, 1.165) is 5.56 Å². The van der Waals surface area contributed by atoms with Gasteiger partial charge in [0.05, 0.1) is 24.6 Å². The predicted molar refractivity (Wildman–Crippen MR) is 142 cm³/mol. The van der Waals surface area contributed by atoms with Crippen LogP contribution in [0, 0.1) is 6.92 Å². The van der Waals surface area contributed by atoms with E-state index in [4.69, 9.17) is 13.9 Å². The van der Waals surface area contributed by atoms with E-state index in [1.54, 1.807) is 60.7 Å². The normalized spacial score (nSPS) is 10.7. The summed E-state index contributed by atoms with van der Waals surface area (Å²) in [5, 5.41) is 6.68. The minimum Gasteiger partial charge on any atom is -0.490 e. The molecule has 2 amide bonds. The minimum absolute atomic E-state index is 0.159. The second-order valence-corrected chi connectivity index (χ2v) is 8.11. The minimum atomic E-state index is -0.495. The second kappa shape index (κ2) is 12.2. The van der Waals surface area contributed by atoms with E-state index in [2.05, 4.69) is 15.8 Å². The highest BCUT2D eigenvalue weighted by Crippen LogP contribution is 2.29. The average Bonchev–Trinajstić information content (AvgIpc) is 3.46. The summed E-state index contributed by atoms with van der Waals surface area (Å²) in [4.78, 5) is 37.3. The zero-order chi connectivity index (χ0) is 26.9. The smallest absolute Gasteiger partial charge is 0.343 e. The molecule has 4 rings (SSSR count). The standard InChI is InChI=1S/C29H25N3O6/c1-3-36-26-16-20(12-13-24(26)38-29(35)22-9-4-7-19(2)15-22)18-30-32-27(33)21-8-5-10-23(17-21)31-28(34)25-11-6-14-37-25/h4-18H,3H2,1-2H3,(H,31,34)(H,32,33). The van der Waals surface area contributed by atoms with Crippen LogP contribution in [0.15, 0.2) is 94.6 Å². The molecular weight excluding hydrogens is 486 g/mol. The Morgan fingerprint density at radius 1 is 0.895 bits per heavy atom. The molecule has 0 bridgehead atoms. The van der Waals surface area contributed by atoms with Gasteiger partial charge in [0.2, 0.25) is 0 Å². The van der Waals surface area contributed by atoms with Crippen LogP contribution in [0.25, 0.3) is 0 Å². The molecule has 192 valence electrons. The first-order valence-corrected chi connectivity index (χ1v) is 11.8. The Kier molecular flexibility index (Phi) is 8.30. The molecule has 0 aliphatic rings. The number of nitrogens with zero attached hydrogens (tertiary/aromatic N) is 1. The van der Waals surface area contributed by atoms with E-state index in [-0.39, 0.29) is 11.5 Å². The number of amides is 2. The molecule has 1 heterocycles. The summed E-state index contributed by atoms with van der Waals surface area (Å²) in [5.74, 6) is -0.595. The van der Waals surface area contributed by atoms with Crippen LogP contribution >= 0.6 is 0 Å². The highest BCUT2D eigenvalue weighted by atomic mass is 16.6. The zero-order valence-corrected chi connectivity index (χ0v) is 20.8. The summed E-state index contributed by atoms with van der Waals surface area (Å²) in [6.07, 6.45) is 2.84. The summed E-state index contributed by atoms with van der Waals surface area (Å²) in [7, 11) is 0. The molecule has 0 unspecified atom stereocenters. The first kappa shape index (κ1) is 25.9. The maximum absolute atomic E-state index is 12.6. The quantitative estimate of drug-likeness (QED) is 0.138. The number of hydrogen-bond donors (Lipinski definition) is 2. The van der Waals surface area contributed by atoms with Crippen molar-refractivity contribution in [1.29, 1.82) is 0 Å². The molecule has 2 N–H and O–H groups in total. The van der Waals surface area contributed by atoms with Crippen LogP contribution in [-0.2, 0) is 0 Å². The van der Waals surface area contributed by atoms with E-state index < -0.39 is 17.8 Å². The molecule has 0 fully saturated rings. The van der Waals surface area contributed by atoms with E-state index in [0.29, 0.717) is 34.7 Å². The zero-order valence-electron chi connectivity index (χ0n) is 20.8. The number of hydrazone groups is 1. The van der Waals surface area contributed by atoms with E-state index in [1.165, 1.54) is 24.6 Å². The Morgan fingerprint density at radius 2 is 1.71 bits per heavy atom. The lowest BCUT2D eigenvalue weighted by molar-refractivity contribution is 0.0727. The molecule has 0 atom stereocenters. The van der Waals surface area contributed by atoms with Gasteiger partial charge in [0, 0.05) is 11.3 Å². The molecule has 38 heavy (non-hydrogen) atoms. The molecule has 0 aliphatic carbocycles. The summed E-state index contributed by atoms with van der Waals surface area (Å²) >= 11 is 0. The van der Waals surface area contributed by atoms with Gasteiger partial charge in [-0.1, -0.05) is 23.8 Å². The number of aryl methyl sites for hydroxylation is 1. The highest BCUT2D eigenvalue weighted by molar-refractivity contribution is 6.03. The Hall–Kier alpha value is -5.18. The van der Waals surface area contributed by atoms with Crippen molar-refractivity contribution in [3.05, 3.63) is 113 Å². The number of rotatable bonds is 9. The van der Waals surface area contributed by atoms with Gasteiger partial charge in [-0.2, -0.15) is 5.10 Å². The Balaban J connectivity index is 1.40. The summed E-state index contributed by atoms with van der Waals surface area (Å²) < 4.78 is 16.3. The fourth-order valence-corrected chi connectivity index (χ4v) is 3.46. The number of hydrogen-bond acceptors (Lipinski definition) is 7. The van der Waals surface area contributed by atoms with E-state index in [9.17, 15) is 14.4 Å². The predicted octanol–water partition coefficient (Wildman–Crippen LogP) is 5.22. The van der Waals surface area contributed by atoms with Crippen molar-refractivity contribution in [1.82, 2.24) is 5.43 Å². The fourth-order valence-electron chi connectivity index (χ4n) is 3.46. The molecule has 0 aliphatic heterocycles. The first-order chi connectivity index (χ1) is 18.4. The molecule has 3 aromatic carbocycles. The molecule has 0 saturated carbocycles. The molecule has 9 nitrogen and oxygen atoms in total. The lowest BCUT2D eigenvalue weighted by Crippen LogP contribution is -2.18. The molecule has 9 heteroatoms. The lowest BCUT2D eigenvalue weighted by atomic mass is 10.1. The van der Waals surface area contributed by atoms with Crippen LogP contribution < -0.4 is 20.2 Å². The molecule has 0 spiro atoms. The van der Waals surface area contributed by atoms with E-state index in [1.807, 2.05) is 19.9 Å². The third-order valence-corrected chi connectivity index (χ3v) is 5.23. The molecule has 0 saturated heterocycles. The lowest BCUT2D eigenvalue weighted by Gasteiger charge is -2.11. The summed E-state index contributed by atoms with van der Waals surface area (Å²) in [6, 6.07) is 21.6. The number of benzene rings is 3. The van der Waals surface area contributed by atoms with Gasteiger partial charge in [0.25, 0.3) is 11.8 Å². The average molecular weight is 512 g/mol. The van der Waals surface area contributed by atoms with Gasteiger partial charge in [-0.15, -0.1) is 0 Å². The Morgan fingerprint density at radius 3 is 2.47 bits per heavy atom.